The maximum absolute atomic E-state index is 5.20. The Morgan fingerprint density at radius 1 is 1.44 bits per heavy atom. The molecule has 1 N–H and O–H groups in total. The minimum absolute atomic E-state index is 0.0971. The molecule has 0 bridgehead atoms. The van der Waals surface area contributed by atoms with Crippen LogP contribution in [0.3, 0.4) is 0 Å². The summed E-state index contributed by atoms with van der Waals surface area (Å²) in [7, 11) is 4.27. The molecule has 0 saturated heterocycles. The molecule has 3 nitrogen and oxygen atoms in total. The van der Waals surface area contributed by atoms with Gasteiger partial charge in [0.05, 0.1) is 18.6 Å². The summed E-state index contributed by atoms with van der Waals surface area (Å²) in [4.78, 5) is 2.29. The predicted octanol–water partition coefficient (Wildman–Crippen LogP) is 2.66. The average Bonchev–Trinajstić information content (AvgIpc) is 2.77. The fourth-order valence-corrected chi connectivity index (χ4v) is 2.12. The quantitative estimate of drug-likeness (QED) is 0.805. The molecule has 92 valence electrons. The van der Waals surface area contributed by atoms with Gasteiger partial charge in [0, 0.05) is 11.1 Å². The fraction of sp³-hybridized carbons (Fsp3) is 0.692. The van der Waals surface area contributed by atoms with Gasteiger partial charge in [-0.1, -0.05) is 13.8 Å². The monoisotopic (exact) mass is 224 g/mol. The number of hydrogen-bond donors (Lipinski definition) is 1. The highest BCUT2D eigenvalue weighted by atomic mass is 16.3. The van der Waals surface area contributed by atoms with E-state index < -0.39 is 0 Å². The summed E-state index contributed by atoms with van der Waals surface area (Å²) in [6.45, 7) is 7.61. The van der Waals surface area contributed by atoms with Crippen LogP contribution in [-0.2, 0) is 0 Å². The Balaban J connectivity index is 3.00. The Morgan fingerprint density at radius 3 is 2.50 bits per heavy atom. The first-order valence-electron chi connectivity index (χ1n) is 5.99. The first kappa shape index (κ1) is 13.3. The van der Waals surface area contributed by atoms with Gasteiger partial charge in [0.2, 0.25) is 0 Å². The third kappa shape index (κ3) is 2.47. The van der Waals surface area contributed by atoms with Crippen molar-refractivity contribution >= 4 is 0 Å². The lowest BCUT2D eigenvalue weighted by Crippen LogP contribution is -2.51. The second kappa shape index (κ2) is 5.51. The minimum atomic E-state index is 0.0971. The SMILES string of the molecule is CCNC(c1ccoc1)C(C)(CC)N(C)C. The molecule has 0 aromatic carbocycles. The molecule has 0 radical (unpaired) electrons. The van der Waals surface area contributed by atoms with Gasteiger partial charge < -0.3 is 14.6 Å². The van der Waals surface area contributed by atoms with Gasteiger partial charge >= 0.3 is 0 Å². The number of nitrogens with zero attached hydrogens (tertiary/aromatic N) is 1. The lowest BCUT2D eigenvalue weighted by Gasteiger charge is -2.42. The molecule has 0 spiro atoms. The molecule has 2 unspecified atom stereocenters. The van der Waals surface area contributed by atoms with Crippen LogP contribution in [0.4, 0.5) is 0 Å². The van der Waals surface area contributed by atoms with E-state index in [9.17, 15) is 0 Å². The number of nitrogens with one attached hydrogen (secondary N) is 1. The molecule has 0 aliphatic carbocycles. The zero-order chi connectivity index (χ0) is 12.2. The highest BCUT2D eigenvalue weighted by Crippen LogP contribution is 2.32. The van der Waals surface area contributed by atoms with E-state index in [4.69, 9.17) is 4.42 Å². The first-order valence-corrected chi connectivity index (χ1v) is 5.99. The Labute approximate surface area is 98.8 Å². The number of hydrogen-bond acceptors (Lipinski definition) is 3. The van der Waals surface area contributed by atoms with Crippen LogP contribution in [0.15, 0.2) is 23.0 Å². The standard InChI is InChI=1S/C13H24N2O/c1-6-13(3,15(4)5)12(14-7-2)11-8-9-16-10-11/h8-10,12,14H,6-7H2,1-5H3. The summed E-state index contributed by atoms with van der Waals surface area (Å²) < 4.78 is 5.20. The maximum atomic E-state index is 5.20. The normalized spacial score (nSPS) is 17.4. The highest BCUT2D eigenvalue weighted by molar-refractivity contribution is 5.17. The van der Waals surface area contributed by atoms with Crippen LogP contribution in [0.1, 0.15) is 38.8 Å². The van der Waals surface area contributed by atoms with Crippen molar-refractivity contribution in [1.29, 1.82) is 0 Å². The topological polar surface area (TPSA) is 28.4 Å². The highest BCUT2D eigenvalue weighted by Gasteiger charge is 2.35. The molecular weight excluding hydrogens is 200 g/mol. The molecule has 2 atom stereocenters. The van der Waals surface area contributed by atoms with E-state index in [0.29, 0.717) is 6.04 Å². The lowest BCUT2D eigenvalue weighted by atomic mass is 9.84. The number of rotatable bonds is 6. The molecule has 1 aromatic rings. The van der Waals surface area contributed by atoms with Gasteiger partial charge in [-0.2, -0.15) is 0 Å². The van der Waals surface area contributed by atoms with Gasteiger partial charge in [0.1, 0.15) is 0 Å². The summed E-state index contributed by atoms with van der Waals surface area (Å²) in [5.74, 6) is 0. The van der Waals surface area contributed by atoms with E-state index >= 15 is 0 Å². The van der Waals surface area contributed by atoms with Gasteiger partial charge in [0.15, 0.2) is 0 Å². The largest absolute Gasteiger partial charge is 0.472 e. The summed E-state index contributed by atoms with van der Waals surface area (Å²) >= 11 is 0. The zero-order valence-corrected chi connectivity index (χ0v) is 11.1. The summed E-state index contributed by atoms with van der Waals surface area (Å²) in [6, 6.07) is 2.35. The van der Waals surface area contributed by atoms with E-state index in [1.54, 1.807) is 6.26 Å². The smallest absolute Gasteiger partial charge is 0.0951 e. The van der Waals surface area contributed by atoms with Crippen molar-refractivity contribution in [2.75, 3.05) is 20.6 Å². The second-order valence-electron chi connectivity index (χ2n) is 4.65. The molecule has 0 saturated carbocycles. The molecule has 16 heavy (non-hydrogen) atoms. The van der Waals surface area contributed by atoms with Gasteiger partial charge in [-0.3, -0.25) is 0 Å². The minimum Gasteiger partial charge on any atom is -0.472 e. The Bertz CT molecular complexity index is 295. The van der Waals surface area contributed by atoms with Crippen molar-refractivity contribution in [3.05, 3.63) is 24.2 Å². The predicted molar refractivity (Wildman–Crippen MR) is 67.5 cm³/mol. The fourth-order valence-electron chi connectivity index (χ4n) is 2.12. The van der Waals surface area contributed by atoms with Crippen LogP contribution < -0.4 is 5.32 Å². The summed E-state index contributed by atoms with van der Waals surface area (Å²) in [5.41, 5.74) is 1.32. The lowest BCUT2D eigenvalue weighted by molar-refractivity contribution is 0.113. The average molecular weight is 224 g/mol. The van der Waals surface area contributed by atoms with E-state index in [-0.39, 0.29) is 5.54 Å². The maximum Gasteiger partial charge on any atom is 0.0951 e. The molecule has 1 aromatic heterocycles. The molecule has 0 aliphatic rings. The zero-order valence-electron chi connectivity index (χ0n) is 11.1. The van der Waals surface area contributed by atoms with Gasteiger partial charge in [0.25, 0.3) is 0 Å². The van der Waals surface area contributed by atoms with Gasteiger partial charge in [-0.15, -0.1) is 0 Å². The summed E-state index contributed by atoms with van der Waals surface area (Å²) in [6.07, 6.45) is 4.67. The molecule has 1 rings (SSSR count). The van der Waals surface area contributed by atoms with Gasteiger partial charge in [-0.25, -0.2) is 0 Å². The number of likely N-dealkylation sites (N-methyl/N-ethyl adjacent to an activating group) is 2. The molecule has 1 heterocycles. The van der Waals surface area contributed by atoms with Crippen LogP contribution in [-0.4, -0.2) is 31.1 Å². The Morgan fingerprint density at radius 2 is 2.12 bits per heavy atom. The molecule has 0 aliphatic heterocycles. The van der Waals surface area contributed by atoms with Crippen molar-refractivity contribution in [1.82, 2.24) is 10.2 Å². The van der Waals surface area contributed by atoms with Crippen LogP contribution in [0.5, 0.6) is 0 Å². The van der Waals surface area contributed by atoms with E-state index in [2.05, 4.69) is 45.1 Å². The van der Waals surface area contributed by atoms with Gasteiger partial charge in [-0.05, 0) is 40.1 Å². The van der Waals surface area contributed by atoms with E-state index in [1.807, 2.05) is 12.3 Å². The van der Waals surface area contributed by atoms with Crippen molar-refractivity contribution < 1.29 is 4.42 Å². The van der Waals surface area contributed by atoms with Crippen LogP contribution in [0.25, 0.3) is 0 Å². The molecule has 0 amide bonds. The second-order valence-corrected chi connectivity index (χ2v) is 4.65. The van der Waals surface area contributed by atoms with Crippen LogP contribution in [0.2, 0.25) is 0 Å². The Hall–Kier alpha value is -0.800. The van der Waals surface area contributed by atoms with Crippen molar-refractivity contribution in [3.63, 3.8) is 0 Å². The first-order chi connectivity index (χ1) is 7.56. The summed E-state index contributed by atoms with van der Waals surface area (Å²) in [5, 5.41) is 3.56. The third-order valence-corrected chi connectivity index (χ3v) is 3.64. The molecule has 3 heteroatoms. The van der Waals surface area contributed by atoms with Crippen molar-refractivity contribution in [2.45, 2.75) is 38.8 Å². The van der Waals surface area contributed by atoms with E-state index in [1.165, 1.54) is 5.56 Å². The molecule has 0 fully saturated rings. The third-order valence-electron chi connectivity index (χ3n) is 3.64. The van der Waals surface area contributed by atoms with Crippen molar-refractivity contribution in [2.24, 2.45) is 0 Å². The molecular formula is C13H24N2O. The van der Waals surface area contributed by atoms with E-state index in [0.717, 1.165) is 13.0 Å². The van der Waals surface area contributed by atoms with Crippen molar-refractivity contribution in [3.8, 4) is 0 Å². The van der Waals surface area contributed by atoms with Crippen LogP contribution >= 0.6 is 0 Å². The Kier molecular flexibility index (Phi) is 4.56. The van der Waals surface area contributed by atoms with Crippen LogP contribution in [0, 0.1) is 0 Å². The number of furan rings is 1.